The van der Waals surface area contributed by atoms with Crippen LogP contribution in [0, 0.1) is 22.7 Å². The van der Waals surface area contributed by atoms with Crippen molar-refractivity contribution in [2.24, 2.45) is 22.7 Å². The van der Waals surface area contributed by atoms with Gasteiger partial charge in [0.1, 0.15) is 12.3 Å². The quantitative estimate of drug-likeness (QED) is 0.655. The van der Waals surface area contributed by atoms with Gasteiger partial charge in [0.2, 0.25) is 0 Å². The van der Waals surface area contributed by atoms with Crippen LogP contribution in [0.5, 0.6) is 0 Å². The summed E-state index contributed by atoms with van der Waals surface area (Å²) in [5.74, 6) is -1.30. The van der Waals surface area contributed by atoms with Crippen LogP contribution in [0.25, 0.3) is 0 Å². The lowest BCUT2D eigenvalue weighted by molar-refractivity contribution is -0.320. The number of hydrogen-bond donors (Lipinski definition) is 2. The van der Waals surface area contributed by atoms with Gasteiger partial charge in [-0.3, -0.25) is 9.59 Å². The van der Waals surface area contributed by atoms with Crippen molar-refractivity contribution in [3.05, 3.63) is 11.6 Å². The van der Waals surface area contributed by atoms with Crippen LogP contribution in [0.1, 0.15) is 59.3 Å². The van der Waals surface area contributed by atoms with Crippen LogP contribution in [-0.4, -0.2) is 71.4 Å². The van der Waals surface area contributed by atoms with Crippen LogP contribution < -0.4 is 0 Å². The Morgan fingerprint density at radius 3 is 2.76 bits per heavy atom. The van der Waals surface area contributed by atoms with E-state index in [0.717, 1.165) is 5.57 Å². The standard InChI is InChI=1S/C25H35FO7/c1-4-31-21-13-32-20-10-17-16-6-5-14-9-15(28)7-8-22(14,2)24(16,26)18(29)11-23(17,3)25(20,33-21)19(30)12-27/h9,16-18,20-21,27,29H,4-8,10-13H2,1-3H3/t16-,17-,18-,20+,21?,22-,23-,24-,25+/m0/s1. The molecule has 3 saturated carbocycles. The summed E-state index contributed by atoms with van der Waals surface area (Å²) < 4.78 is 35.4. The number of fused-ring (bicyclic) bond motifs is 7. The predicted octanol–water partition coefficient (Wildman–Crippen LogP) is 2.27. The van der Waals surface area contributed by atoms with Gasteiger partial charge in [0, 0.05) is 29.8 Å². The van der Waals surface area contributed by atoms with Gasteiger partial charge in [-0.05, 0) is 51.0 Å². The average molecular weight is 467 g/mol. The lowest BCUT2D eigenvalue weighted by Gasteiger charge is -2.64. The highest BCUT2D eigenvalue weighted by Crippen LogP contribution is 2.71. The van der Waals surface area contributed by atoms with Crippen LogP contribution in [-0.2, 0) is 23.8 Å². The number of hydrogen-bond acceptors (Lipinski definition) is 7. The first-order valence-electron chi connectivity index (χ1n) is 12.2. The third kappa shape index (κ3) is 2.79. The number of rotatable bonds is 4. The van der Waals surface area contributed by atoms with Gasteiger partial charge >= 0.3 is 0 Å². The molecule has 4 aliphatic carbocycles. The molecule has 4 fully saturated rings. The zero-order valence-corrected chi connectivity index (χ0v) is 19.6. The van der Waals surface area contributed by atoms with Gasteiger partial charge in [-0.2, -0.15) is 0 Å². The summed E-state index contributed by atoms with van der Waals surface area (Å²) in [4.78, 5) is 25.4. The SMILES string of the molecule is CCOC1CO[C@@H]2C[C@H]3[C@@H]4CCC5=CC(=O)CC[C@]5(C)[C@@]4(F)[C@@H](O)C[C@]3(C)[C@]2(C(=O)CO)O1. The molecule has 1 heterocycles. The summed E-state index contributed by atoms with van der Waals surface area (Å²) in [5.41, 5.74) is -4.50. The first-order chi connectivity index (χ1) is 15.6. The third-order valence-electron chi connectivity index (χ3n) is 9.86. The normalized spacial score (nSPS) is 51.2. The number of ketones is 2. The molecular formula is C25H35FO7. The second kappa shape index (κ2) is 7.65. The van der Waals surface area contributed by atoms with E-state index >= 15 is 4.39 Å². The number of aliphatic hydroxyl groups is 2. The molecule has 0 aromatic rings. The number of aliphatic hydroxyl groups excluding tert-OH is 2. The molecule has 33 heavy (non-hydrogen) atoms. The van der Waals surface area contributed by atoms with Crippen molar-refractivity contribution in [2.45, 2.75) is 89.1 Å². The van der Waals surface area contributed by atoms with E-state index in [1.165, 1.54) is 0 Å². The largest absolute Gasteiger partial charge is 0.390 e. The third-order valence-corrected chi connectivity index (χ3v) is 9.86. The Balaban J connectivity index is 1.60. The van der Waals surface area contributed by atoms with Crippen molar-refractivity contribution in [3.63, 3.8) is 0 Å². The van der Waals surface area contributed by atoms with E-state index in [-0.39, 0.29) is 31.1 Å². The van der Waals surface area contributed by atoms with Crippen LogP contribution in [0.3, 0.4) is 0 Å². The van der Waals surface area contributed by atoms with E-state index in [4.69, 9.17) is 14.2 Å². The van der Waals surface area contributed by atoms with Crippen LogP contribution in [0.15, 0.2) is 11.6 Å². The fourth-order valence-electron chi connectivity index (χ4n) is 8.33. The monoisotopic (exact) mass is 466 g/mol. The molecule has 5 aliphatic rings. The highest BCUT2D eigenvalue weighted by Gasteiger charge is 2.78. The molecule has 1 saturated heterocycles. The van der Waals surface area contributed by atoms with Gasteiger partial charge in [0.15, 0.2) is 23.5 Å². The van der Waals surface area contributed by atoms with Crippen molar-refractivity contribution >= 4 is 11.6 Å². The molecule has 9 atom stereocenters. The van der Waals surface area contributed by atoms with E-state index < -0.39 is 58.9 Å². The molecule has 0 aromatic heterocycles. The Morgan fingerprint density at radius 1 is 1.30 bits per heavy atom. The number of Topliss-reactive ketones (excluding diaryl/α,β-unsaturated/α-hetero) is 1. The van der Waals surface area contributed by atoms with Gasteiger partial charge in [0.05, 0.1) is 18.8 Å². The van der Waals surface area contributed by atoms with Gasteiger partial charge in [-0.1, -0.05) is 19.4 Å². The van der Waals surface area contributed by atoms with E-state index in [2.05, 4.69) is 0 Å². The second-order valence-electron chi connectivity index (χ2n) is 11.0. The Kier molecular flexibility index (Phi) is 5.46. The Hall–Kier alpha value is -1.19. The summed E-state index contributed by atoms with van der Waals surface area (Å²) in [7, 11) is 0. The fraction of sp³-hybridized carbons (Fsp3) is 0.840. The van der Waals surface area contributed by atoms with Crippen molar-refractivity contribution in [1.82, 2.24) is 0 Å². The van der Waals surface area contributed by atoms with E-state index in [1.807, 2.05) is 20.8 Å². The number of halogens is 1. The molecule has 1 aliphatic heterocycles. The Labute approximate surface area is 193 Å². The number of carbonyl (C=O) groups is 2. The number of allylic oxidation sites excluding steroid dienone is 1. The molecule has 5 rings (SSSR count). The summed E-state index contributed by atoms with van der Waals surface area (Å²) in [6, 6.07) is 0. The summed E-state index contributed by atoms with van der Waals surface area (Å²) in [6.07, 6.45) is 0.963. The predicted molar refractivity (Wildman–Crippen MR) is 115 cm³/mol. The number of alkyl halides is 1. The topological polar surface area (TPSA) is 102 Å². The van der Waals surface area contributed by atoms with Gasteiger partial charge in [-0.25, -0.2) is 4.39 Å². The molecule has 0 bridgehead atoms. The maximum Gasteiger partial charge on any atom is 0.193 e. The molecule has 184 valence electrons. The minimum atomic E-state index is -1.92. The van der Waals surface area contributed by atoms with Crippen LogP contribution in [0.4, 0.5) is 4.39 Å². The van der Waals surface area contributed by atoms with Crippen molar-refractivity contribution < 1.29 is 38.4 Å². The van der Waals surface area contributed by atoms with Crippen LogP contribution in [0.2, 0.25) is 0 Å². The van der Waals surface area contributed by atoms with E-state index in [9.17, 15) is 19.8 Å². The Bertz CT molecular complexity index is 890. The highest BCUT2D eigenvalue weighted by atomic mass is 19.1. The zero-order chi connectivity index (χ0) is 23.8. The van der Waals surface area contributed by atoms with E-state index in [0.29, 0.717) is 32.3 Å². The number of carbonyl (C=O) groups excluding carboxylic acids is 2. The minimum Gasteiger partial charge on any atom is -0.390 e. The molecule has 0 amide bonds. The molecule has 8 heteroatoms. The fourth-order valence-corrected chi connectivity index (χ4v) is 8.33. The molecule has 0 radical (unpaired) electrons. The molecule has 2 N–H and O–H groups in total. The summed E-state index contributed by atoms with van der Waals surface area (Å²) >= 11 is 0. The minimum absolute atomic E-state index is 0.00588. The molecular weight excluding hydrogens is 431 g/mol. The molecule has 1 unspecified atom stereocenters. The smallest absolute Gasteiger partial charge is 0.193 e. The second-order valence-corrected chi connectivity index (χ2v) is 11.0. The van der Waals surface area contributed by atoms with Crippen molar-refractivity contribution in [2.75, 3.05) is 19.8 Å². The first-order valence-corrected chi connectivity index (χ1v) is 12.2. The highest BCUT2D eigenvalue weighted by molar-refractivity contribution is 5.92. The van der Waals surface area contributed by atoms with Gasteiger partial charge in [0.25, 0.3) is 0 Å². The lowest BCUT2D eigenvalue weighted by atomic mass is 9.43. The van der Waals surface area contributed by atoms with E-state index in [1.54, 1.807) is 6.08 Å². The molecule has 7 nitrogen and oxygen atoms in total. The van der Waals surface area contributed by atoms with Gasteiger partial charge < -0.3 is 24.4 Å². The summed E-state index contributed by atoms with van der Waals surface area (Å²) in [5, 5.41) is 21.4. The summed E-state index contributed by atoms with van der Waals surface area (Å²) in [6.45, 7) is 5.34. The average Bonchev–Trinajstić information content (AvgIpc) is 3.04. The van der Waals surface area contributed by atoms with Crippen molar-refractivity contribution in [3.8, 4) is 0 Å². The van der Waals surface area contributed by atoms with Crippen LogP contribution >= 0.6 is 0 Å². The first kappa shape index (κ1) is 23.5. The maximum absolute atomic E-state index is 17.3. The number of ether oxygens (including phenoxy) is 3. The zero-order valence-electron chi connectivity index (χ0n) is 19.6. The molecule has 0 spiro atoms. The van der Waals surface area contributed by atoms with Gasteiger partial charge in [-0.15, -0.1) is 0 Å². The van der Waals surface area contributed by atoms with Crippen molar-refractivity contribution in [1.29, 1.82) is 0 Å². The lowest BCUT2D eigenvalue weighted by Crippen LogP contribution is -2.72. The Morgan fingerprint density at radius 2 is 2.06 bits per heavy atom. The maximum atomic E-state index is 17.3. The molecule has 0 aromatic carbocycles.